The van der Waals surface area contributed by atoms with Crippen LogP contribution in [0.2, 0.25) is 0 Å². The smallest absolute Gasteiger partial charge is 0.256 e. The van der Waals surface area contributed by atoms with Gasteiger partial charge in [0.15, 0.2) is 0 Å². The normalized spacial score (nSPS) is 12.2. The predicted molar refractivity (Wildman–Crippen MR) is 120 cm³/mol. The molecule has 0 bridgehead atoms. The van der Waals surface area contributed by atoms with Crippen molar-refractivity contribution in [1.82, 2.24) is 10.0 Å². The van der Waals surface area contributed by atoms with E-state index in [1.165, 1.54) is 0 Å². The summed E-state index contributed by atoms with van der Waals surface area (Å²) in [5.41, 5.74) is 2.34. The van der Waals surface area contributed by atoms with Crippen LogP contribution in [0.1, 0.15) is 22.6 Å². The first-order chi connectivity index (χ1) is 14.8. The van der Waals surface area contributed by atoms with Gasteiger partial charge in [-0.15, -0.1) is 0 Å². The number of rotatable bonds is 8. The van der Waals surface area contributed by atoms with Crippen molar-refractivity contribution >= 4 is 21.8 Å². The summed E-state index contributed by atoms with van der Waals surface area (Å²) >= 11 is 0. The van der Waals surface area contributed by atoms with E-state index >= 15 is 0 Å². The van der Waals surface area contributed by atoms with Gasteiger partial charge in [0.2, 0.25) is 15.9 Å². The third-order valence-corrected chi connectivity index (χ3v) is 5.30. The van der Waals surface area contributed by atoms with E-state index in [0.717, 1.165) is 22.9 Å². The van der Waals surface area contributed by atoms with Crippen molar-refractivity contribution in [2.75, 3.05) is 6.26 Å². The van der Waals surface area contributed by atoms with Gasteiger partial charge in [0.25, 0.3) is 5.91 Å². The first kappa shape index (κ1) is 22.2. The van der Waals surface area contributed by atoms with Crippen LogP contribution >= 0.6 is 0 Å². The lowest BCUT2D eigenvalue weighted by atomic mass is 9.90. The Balaban J connectivity index is 1.91. The second kappa shape index (κ2) is 10.0. The Morgan fingerprint density at radius 1 is 0.742 bits per heavy atom. The van der Waals surface area contributed by atoms with Gasteiger partial charge in [-0.1, -0.05) is 91.0 Å². The van der Waals surface area contributed by atoms with Gasteiger partial charge in [-0.25, -0.2) is 8.42 Å². The fraction of sp³-hybridized carbons (Fsp3) is 0.167. The SMILES string of the molecule is CS(=O)(=O)NC(=O)C(Cc1ccccc1)NC(=O)C(c1ccccc1)c1ccccc1. The average molecular weight is 437 g/mol. The van der Waals surface area contributed by atoms with E-state index in [4.69, 9.17) is 0 Å². The zero-order valence-corrected chi connectivity index (χ0v) is 17.9. The molecule has 0 saturated carbocycles. The predicted octanol–water partition coefficient (Wildman–Crippen LogP) is 2.62. The number of nitrogens with one attached hydrogen (secondary N) is 2. The fourth-order valence-corrected chi connectivity index (χ4v) is 3.86. The van der Waals surface area contributed by atoms with Gasteiger partial charge in [-0.3, -0.25) is 14.3 Å². The van der Waals surface area contributed by atoms with E-state index < -0.39 is 27.9 Å². The summed E-state index contributed by atoms with van der Waals surface area (Å²) in [6, 6.07) is 26.5. The molecule has 31 heavy (non-hydrogen) atoms. The highest BCUT2D eigenvalue weighted by atomic mass is 32.2. The molecule has 0 heterocycles. The molecule has 7 heteroatoms. The Labute approximate surface area is 182 Å². The first-order valence-electron chi connectivity index (χ1n) is 9.79. The number of amides is 2. The number of hydrogen-bond acceptors (Lipinski definition) is 4. The first-order valence-corrected chi connectivity index (χ1v) is 11.7. The summed E-state index contributed by atoms with van der Waals surface area (Å²) in [6.07, 6.45) is 1.06. The van der Waals surface area contributed by atoms with E-state index in [0.29, 0.717) is 0 Å². The molecule has 1 atom stereocenters. The standard InChI is InChI=1S/C24H24N2O4S/c1-31(29,30)26-23(27)21(17-18-11-5-2-6-12-18)25-24(28)22(19-13-7-3-8-14-19)20-15-9-4-10-16-20/h2-16,21-22H,17H2,1H3,(H,25,28)(H,26,27). The molecular weight excluding hydrogens is 412 g/mol. The highest BCUT2D eigenvalue weighted by molar-refractivity contribution is 7.89. The maximum atomic E-state index is 13.4. The van der Waals surface area contributed by atoms with Gasteiger partial charge < -0.3 is 5.32 Å². The molecule has 0 aliphatic heterocycles. The molecule has 1 unspecified atom stereocenters. The lowest BCUT2D eigenvalue weighted by Gasteiger charge is -2.23. The summed E-state index contributed by atoms with van der Waals surface area (Å²) in [7, 11) is -3.77. The Morgan fingerprint density at radius 3 is 1.65 bits per heavy atom. The fourth-order valence-electron chi connectivity index (χ4n) is 3.35. The van der Waals surface area contributed by atoms with Crippen molar-refractivity contribution < 1.29 is 18.0 Å². The summed E-state index contributed by atoms with van der Waals surface area (Å²) < 4.78 is 25.2. The van der Waals surface area contributed by atoms with Crippen LogP contribution in [0.15, 0.2) is 91.0 Å². The number of sulfonamides is 1. The van der Waals surface area contributed by atoms with Gasteiger partial charge in [0, 0.05) is 6.42 Å². The third kappa shape index (κ3) is 6.52. The van der Waals surface area contributed by atoms with E-state index in [1.54, 1.807) is 0 Å². The molecular formula is C24H24N2O4S. The molecule has 0 aliphatic carbocycles. The minimum absolute atomic E-state index is 0.157. The van der Waals surface area contributed by atoms with Crippen LogP contribution in [-0.2, 0) is 26.0 Å². The van der Waals surface area contributed by atoms with Crippen LogP contribution in [0.25, 0.3) is 0 Å². The Hall–Kier alpha value is -3.45. The highest BCUT2D eigenvalue weighted by Crippen LogP contribution is 2.25. The van der Waals surface area contributed by atoms with E-state index in [-0.39, 0.29) is 12.3 Å². The molecule has 3 aromatic rings. The van der Waals surface area contributed by atoms with E-state index in [1.807, 2.05) is 95.7 Å². The second-order valence-electron chi connectivity index (χ2n) is 7.24. The van der Waals surface area contributed by atoms with Crippen molar-refractivity contribution in [3.63, 3.8) is 0 Å². The van der Waals surface area contributed by atoms with Crippen molar-refractivity contribution in [2.24, 2.45) is 0 Å². The van der Waals surface area contributed by atoms with E-state index in [2.05, 4.69) is 5.32 Å². The monoisotopic (exact) mass is 436 g/mol. The minimum atomic E-state index is -3.77. The van der Waals surface area contributed by atoms with Crippen LogP contribution in [-0.4, -0.2) is 32.5 Å². The van der Waals surface area contributed by atoms with Gasteiger partial charge in [-0.05, 0) is 16.7 Å². The molecule has 6 nitrogen and oxygen atoms in total. The maximum Gasteiger partial charge on any atom is 0.256 e. The van der Waals surface area contributed by atoms with Gasteiger partial charge >= 0.3 is 0 Å². The van der Waals surface area contributed by atoms with Gasteiger partial charge in [0.05, 0.1) is 12.2 Å². The van der Waals surface area contributed by atoms with Crippen LogP contribution in [0, 0.1) is 0 Å². The number of hydrogen-bond donors (Lipinski definition) is 2. The van der Waals surface area contributed by atoms with Crippen molar-refractivity contribution in [3.8, 4) is 0 Å². The largest absolute Gasteiger partial charge is 0.343 e. The summed E-state index contributed by atoms with van der Waals surface area (Å²) in [6.45, 7) is 0. The van der Waals surface area contributed by atoms with Gasteiger partial charge in [0.1, 0.15) is 6.04 Å². The van der Waals surface area contributed by atoms with Crippen molar-refractivity contribution in [2.45, 2.75) is 18.4 Å². The topological polar surface area (TPSA) is 92.3 Å². The molecule has 0 fully saturated rings. The zero-order chi connectivity index (χ0) is 22.3. The molecule has 3 aromatic carbocycles. The van der Waals surface area contributed by atoms with Crippen LogP contribution in [0.4, 0.5) is 0 Å². The Bertz CT molecular complexity index is 1080. The maximum absolute atomic E-state index is 13.4. The molecule has 0 aliphatic rings. The molecule has 2 amide bonds. The quantitative estimate of drug-likeness (QED) is 0.568. The summed E-state index contributed by atoms with van der Waals surface area (Å²) in [4.78, 5) is 26.1. The zero-order valence-electron chi connectivity index (χ0n) is 17.1. The summed E-state index contributed by atoms with van der Waals surface area (Å²) in [5.74, 6) is -1.81. The third-order valence-electron chi connectivity index (χ3n) is 4.73. The van der Waals surface area contributed by atoms with Crippen molar-refractivity contribution in [1.29, 1.82) is 0 Å². The molecule has 0 spiro atoms. The second-order valence-corrected chi connectivity index (χ2v) is 8.99. The molecule has 0 radical (unpaired) electrons. The van der Waals surface area contributed by atoms with Crippen LogP contribution in [0.5, 0.6) is 0 Å². The Kier molecular flexibility index (Phi) is 7.20. The number of carbonyl (C=O) groups is 2. The van der Waals surface area contributed by atoms with Crippen LogP contribution in [0.3, 0.4) is 0 Å². The van der Waals surface area contributed by atoms with E-state index in [9.17, 15) is 18.0 Å². The van der Waals surface area contributed by atoms with Crippen LogP contribution < -0.4 is 10.0 Å². The number of carbonyl (C=O) groups excluding carboxylic acids is 2. The minimum Gasteiger partial charge on any atom is -0.343 e. The summed E-state index contributed by atoms with van der Waals surface area (Å²) in [5, 5.41) is 2.77. The lowest BCUT2D eigenvalue weighted by Crippen LogP contribution is -2.50. The molecule has 3 rings (SSSR count). The van der Waals surface area contributed by atoms with Gasteiger partial charge in [-0.2, -0.15) is 0 Å². The molecule has 160 valence electrons. The highest BCUT2D eigenvalue weighted by Gasteiger charge is 2.29. The van der Waals surface area contributed by atoms with Crippen molar-refractivity contribution in [3.05, 3.63) is 108 Å². The Morgan fingerprint density at radius 2 is 1.19 bits per heavy atom. The number of benzene rings is 3. The molecule has 0 aromatic heterocycles. The lowest BCUT2D eigenvalue weighted by molar-refractivity contribution is -0.128. The molecule has 0 saturated heterocycles. The molecule has 2 N–H and O–H groups in total. The average Bonchev–Trinajstić information content (AvgIpc) is 2.74.